The summed E-state index contributed by atoms with van der Waals surface area (Å²) in [6.07, 6.45) is 1.92. The summed E-state index contributed by atoms with van der Waals surface area (Å²) in [6, 6.07) is 9.60. The molecule has 130 valence electrons. The molecule has 6 nitrogen and oxygen atoms in total. The maximum absolute atomic E-state index is 12.1. The maximum atomic E-state index is 12.1. The van der Waals surface area contributed by atoms with Crippen LogP contribution in [0.2, 0.25) is 0 Å². The number of fused-ring (bicyclic) bond motifs is 1. The molecular formula is C18H20N4O2S. The van der Waals surface area contributed by atoms with Crippen LogP contribution in [0.4, 0.5) is 17.2 Å². The fourth-order valence-electron chi connectivity index (χ4n) is 2.53. The number of aryl methyl sites for hydroxylation is 1. The van der Waals surface area contributed by atoms with Crippen LogP contribution in [-0.4, -0.2) is 31.2 Å². The quantitative estimate of drug-likeness (QED) is 0.483. The molecule has 0 atom stereocenters. The Labute approximate surface area is 150 Å². The number of carbonyl (C=O) groups is 1. The van der Waals surface area contributed by atoms with E-state index in [0.29, 0.717) is 11.5 Å². The van der Waals surface area contributed by atoms with Gasteiger partial charge in [0.05, 0.1) is 11.3 Å². The van der Waals surface area contributed by atoms with Crippen LogP contribution in [0.1, 0.15) is 16.6 Å². The third kappa shape index (κ3) is 3.41. The summed E-state index contributed by atoms with van der Waals surface area (Å²) in [6.45, 7) is 2.16. The molecule has 0 aliphatic carbocycles. The Bertz CT molecular complexity index is 940. The van der Waals surface area contributed by atoms with Gasteiger partial charge in [-0.3, -0.25) is 0 Å². The van der Waals surface area contributed by atoms with Gasteiger partial charge in [0.1, 0.15) is 10.6 Å². The number of hydrogen-bond acceptors (Lipinski definition) is 6. The van der Waals surface area contributed by atoms with Crippen molar-refractivity contribution in [3.05, 3.63) is 41.4 Å². The predicted molar refractivity (Wildman–Crippen MR) is 102 cm³/mol. The standard InChI is InChI=1S/C18H20N4O2S/c1-5-24-18(23)15-11-12-14(21(2)3)9-8-13(17(12)25-15)19-20-16-7-6-10-22(16)4/h6-11H,5H2,1-4H3/b20-19+. The highest BCUT2D eigenvalue weighted by atomic mass is 32.1. The summed E-state index contributed by atoms with van der Waals surface area (Å²) >= 11 is 1.38. The normalized spacial score (nSPS) is 11.4. The smallest absolute Gasteiger partial charge is 0.348 e. The van der Waals surface area contributed by atoms with Crippen molar-refractivity contribution in [1.82, 2.24) is 4.57 Å². The zero-order valence-electron chi connectivity index (χ0n) is 14.7. The number of ether oxygens (including phenoxy) is 1. The molecule has 3 rings (SSSR count). The van der Waals surface area contributed by atoms with Crippen molar-refractivity contribution in [2.45, 2.75) is 6.92 Å². The van der Waals surface area contributed by atoms with Crippen LogP contribution in [0.3, 0.4) is 0 Å². The number of esters is 1. The molecule has 0 unspecified atom stereocenters. The molecule has 0 aliphatic rings. The van der Waals surface area contributed by atoms with E-state index in [2.05, 4.69) is 10.2 Å². The van der Waals surface area contributed by atoms with Crippen LogP contribution in [-0.2, 0) is 11.8 Å². The molecule has 0 spiro atoms. The van der Waals surface area contributed by atoms with E-state index in [4.69, 9.17) is 4.74 Å². The van der Waals surface area contributed by atoms with E-state index in [1.807, 2.05) is 67.1 Å². The van der Waals surface area contributed by atoms with Gasteiger partial charge >= 0.3 is 5.97 Å². The van der Waals surface area contributed by atoms with Crippen LogP contribution in [0.5, 0.6) is 0 Å². The van der Waals surface area contributed by atoms with Crippen LogP contribution in [0.15, 0.2) is 46.8 Å². The molecule has 2 heterocycles. The van der Waals surface area contributed by atoms with Gasteiger partial charge < -0.3 is 14.2 Å². The van der Waals surface area contributed by atoms with Gasteiger partial charge in [0.2, 0.25) is 0 Å². The number of carbonyl (C=O) groups excluding carboxylic acids is 1. The first-order chi connectivity index (χ1) is 12.0. The number of anilines is 1. The monoisotopic (exact) mass is 356 g/mol. The van der Waals surface area contributed by atoms with Crippen molar-refractivity contribution in [2.75, 3.05) is 25.6 Å². The van der Waals surface area contributed by atoms with Gasteiger partial charge in [-0.2, -0.15) is 0 Å². The lowest BCUT2D eigenvalue weighted by Crippen LogP contribution is -2.08. The highest BCUT2D eigenvalue weighted by Crippen LogP contribution is 2.40. The van der Waals surface area contributed by atoms with Gasteiger partial charge in [-0.1, -0.05) is 0 Å². The van der Waals surface area contributed by atoms with E-state index in [1.165, 1.54) is 11.3 Å². The van der Waals surface area contributed by atoms with E-state index in [-0.39, 0.29) is 5.97 Å². The third-order valence-corrected chi connectivity index (χ3v) is 4.91. The van der Waals surface area contributed by atoms with Gasteiger partial charge in [-0.25, -0.2) is 4.79 Å². The number of nitrogens with zero attached hydrogens (tertiary/aromatic N) is 4. The van der Waals surface area contributed by atoms with Gasteiger partial charge in [-0.15, -0.1) is 21.6 Å². The fourth-order valence-corrected chi connectivity index (χ4v) is 3.55. The Kier molecular flexibility index (Phi) is 4.85. The van der Waals surface area contributed by atoms with Crippen LogP contribution in [0, 0.1) is 0 Å². The second kappa shape index (κ2) is 7.06. The lowest BCUT2D eigenvalue weighted by atomic mass is 10.2. The van der Waals surface area contributed by atoms with E-state index in [0.717, 1.165) is 27.3 Å². The average molecular weight is 356 g/mol. The minimum absolute atomic E-state index is 0.307. The zero-order chi connectivity index (χ0) is 18.0. The SMILES string of the molecule is CCOC(=O)c1cc2c(N(C)C)ccc(/N=N/c3cccn3C)c2s1. The largest absolute Gasteiger partial charge is 0.462 e. The minimum Gasteiger partial charge on any atom is -0.462 e. The maximum Gasteiger partial charge on any atom is 0.348 e. The zero-order valence-corrected chi connectivity index (χ0v) is 15.5. The lowest BCUT2D eigenvalue weighted by molar-refractivity contribution is 0.0532. The fraction of sp³-hybridized carbons (Fsp3) is 0.278. The molecule has 0 radical (unpaired) electrons. The molecule has 0 bridgehead atoms. The van der Waals surface area contributed by atoms with E-state index < -0.39 is 0 Å². The second-order valence-corrected chi connectivity index (χ2v) is 6.80. The summed E-state index contributed by atoms with van der Waals surface area (Å²) in [5.74, 6) is 0.464. The molecule has 0 aliphatic heterocycles. The molecule has 0 saturated heterocycles. The number of hydrogen-bond donors (Lipinski definition) is 0. The number of benzene rings is 1. The summed E-state index contributed by atoms with van der Waals surface area (Å²) in [5, 5.41) is 9.69. The Morgan fingerprint density at radius 1 is 1.28 bits per heavy atom. The van der Waals surface area contributed by atoms with E-state index >= 15 is 0 Å². The van der Waals surface area contributed by atoms with Crippen molar-refractivity contribution in [3.63, 3.8) is 0 Å². The van der Waals surface area contributed by atoms with Crippen LogP contribution < -0.4 is 4.90 Å². The summed E-state index contributed by atoms with van der Waals surface area (Å²) in [4.78, 5) is 14.7. The van der Waals surface area contributed by atoms with Gasteiger partial charge in [0.25, 0.3) is 0 Å². The van der Waals surface area contributed by atoms with Gasteiger partial charge in [-0.05, 0) is 37.3 Å². The molecule has 3 aromatic rings. The number of aromatic nitrogens is 1. The van der Waals surface area contributed by atoms with Crippen molar-refractivity contribution < 1.29 is 9.53 Å². The van der Waals surface area contributed by atoms with Crippen molar-refractivity contribution in [2.24, 2.45) is 17.3 Å². The molecule has 25 heavy (non-hydrogen) atoms. The van der Waals surface area contributed by atoms with Crippen LogP contribution >= 0.6 is 11.3 Å². The second-order valence-electron chi connectivity index (χ2n) is 5.75. The first kappa shape index (κ1) is 17.2. The molecule has 0 fully saturated rings. The molecule has 7 heteroatoms. The first-order valence-corrected chi connectivity index (χ1v) is 8.77. The van der Waals surface area contributed by atoms with Crippen molar-refractivity contribution in [3.8, 4) is 0 Å². The lowest BCUT2D eigenvalue weighted by Gasteiger charge is -2.14. The average Bonchev–Trinajstić information content (AvgIpc) is 3.19. The van der Waals surface area contributed by atoms with E-state index in [1.54, 1.807) is 6.92 Å². The van der Waals surface area contributed by atoms with Crippen LogP contribution in [0.25, 0.3) is 10.1 Å². The summed E-state index contributed by atoms with van der Waals surface area (Å²) in [7, 11) is 5.87. The van der Waals surface area contributed by atoms with Crippen molar-refractivity contribution >= 4 is 44.6 Å². The summed E-state index contributed by atoms with van der Waals surface area (Å²) in [5.41, 5.74) is 1.77. The Balaban J connectivity index is 2.09. The molecule has 1 aromatic carbocycles. The van der Waals surface area contributed by atoms with Gasteiger partial charge in [0, 0.05) is 38.4 Å². The minimum atomic E-state index is -0.307. The molecule has 2 aromatic heterocycles. The Hall–Kier alpha value is -2.67. The Morgan fingerprint density at radius 3 is 2.72 bits per heavy atom. The van der Waals surface area contributed by atoms with E-state index in [9.17, 15) is 4.79 Å². The number of thiophene rings is 1. The highest BCUT2D eigenvalue weighted by molar-refractivity contribution is 7.21. The Morgan fingerprint density at radius 2 is 2.08 bits per heavy atom. The highest BCUT2D eigenvalue weighted by Gasteiger charge is 2.17. The molecular weight excluding hydrogens is 336 g/mol. The predicted octanol–water partition coefficient (Wildman–Crippen LogP) is 4.90. The topological polar surface area (TPSA) is 59.2 Å². The molecule has 0 saturated carbocycles. The van der Waals surface area contributed by atoms with Crippen molar-refractivity contribution in [1.29, 1.82) is 0 Å². The molecule has 0 amide bonds. The molecule has 0 N–H and O–H groups in total. The number of azo groups is 1. The first-order valence-electron chi connectivity index (χ1n) is 7.95. The third-order valence-electron chi connectivity index (χ3n) is 3.77. The number of rotatable bonds is 5. The van der Waals surface area contributed by atoms with Gasteiger partial charge in [0.15, 0.2) is 5.82 Å². The summed E-state index contributed by atoms with van der Waals surface area (Å²) < 4.78 is 7.95.